The van der Waals surface area contributed by atoms with Crippen molar-refractivity contribution in [3.05, 3.63) is 59.1 Å². The van der Waals surface area contributed by atoms with Gasteiger partial charge in [-0.1, -0.05) is 53.3 Å². The lowest BCUT2D eigenvalue weighted by Gasteiger charge is -2.10. The lowest BCUT2D eigenvalue weighted by atomic mass is 10.0. The predicted molar refractivity (Wildman–Crippen MR) is 88.1 cm³/mol. The predicted octanol–water partition coefficient (Wildman–Crippen LogP) is 4.69. The Kier molecular flexibility index (Phi) is 3.90. The summed E-state index contributed by atoms with van der Waals surface area (Å²) in [6.07, 6.45) is 0. The van der Waals surface area contributed by atoms with E-state index in [0.717, 1.165) is 15.8 Å². The number of aromatic nitrogens is 1. The molecule has 0 fully saturated rings. The Hall–Kier alpha value is -1.91. The van der Waals surface area contributed by atoms with E-state index in [1.165, 1.54) is 11.3 Å². The quantitative estimate of drug-likeness (QED) is 0.761. The van der Waals surface area contributed by atoms with Crippen molar-refractivity contribution in [2.45, 2.75) is 12.8 Å². The molecule has 0 aliphatic rings. The van der Waals surface area contributed by atoms with Crippen LogP contribution >= 0.6 is 22.9 Å². The van der Waals surface area contributed by atoms with E-state index in [0.29, 0.717) is 10.2 Å². The molecule has 3 nitrogen and oxygen atoms in total. The summed E-state index contributed by atoms with van der Waals surface area (Å²) >= 11 is 7.38. The zero-order valence-electron chi connectivity index (χ0n) is 11.3. The number of nitrogens with zero attached hydrogens (tertiary/aromatic N) is 1. The van der Waals surface area contributed by atoms with Gasteiger partial charge in [0.25, 0.3) is 0 Å². The van der Waals surface area contributed by atoms with E-state index in [2.05, 4.69) is 10.3 Å². The van der Waals surface area contributed by atoms with Gasteiger partial charge in [-0.2, -0.15) is 0 Å². The van der Waals surface area contributed by atoms with E-state index < -0.39 is 0 Å². The Morgan fingerprint density at radius 1 is 1.24 bits per heavy atom. The van der Waals surface area contributed by atoms with Gasteiger partial charge in [0.15, 0.2) is 5.13 Å². The number of rotatable bonds is 3. The van der Waals surface area contributed by atoms with Crippen LogP contribution in [0, 0.1) is 0 Å². The SMILES string of the molecule is C[C@H](C(=O)Nc1nc2ccc(Cl)cc2s1)c1ccccc1. The van der Waals surface area contributed by atoms with Crippen LogP contribution in [-0.4, -0.2) is 10.9 Å². The fourth-order valence-electron chi connectivity index (χ4n) is 2.06. The Bertz CT molecular complexity index is 785. The van der Waals surface area contributed by atoms with Gasteiger partial charge in [-0.15, -0.1) is 0 Å². The van der Waals surface area contributed by atoms with E-state index in [1.54, 1.807) is 6.07 Å². The Labute approximate surface area is 131 Å². The van der Waals surface area contributed by atoms with Crippen LogP contribution in [-0.2, 0) is 4.79 Å². The molecular weight excluding hydrogens is 304 g/mol. The van der Waals surface area contributed by atoms with E-state index in [9.17, 15) is 4.79 Å². The number of hydrogen-bond donors (Lipinski definition) is 1. The number of hydrogen-bond acceptors (Lipinski definition) is 3. The Morgan fingerprint density at radius 3 is 2.76 bits per heavy atom. The fourth-order valence-corrected chi connectivity index (χ4v) is 3.20. The number of carbonyl (C=O) groups excluding carboxylic acids is 1. The molecular formula is C16H13ClN2OS. The van der Waals surface area contributed by atoms with Gasteiger partial charge in [-0.05, 0) is 30.7 Å². The molecule has 1 heterocycles. The first-order chi connectivity index (χ1) is 10.1. The van der Waals surface area contributed by atoms with Gasteiger partial charge in [0, 0.05) is 5.02 Å². The Balaban J connectivity index is 1.80. The summed E-state index contributed by atoms with van der Waals surface area (Å²) < 4.78 is 0.963. The van der Waals surface area contributed by atoms with Crippen molar-refractivity contribution in [3.63, 3.8) is 0 Å². The van der Waals surface area contributed by atoms with Crippen molar-refractivity contribution in [1.82, 2.24) is 4.98 Å². The number of fused-ring (bicyclic) bond motifs is 1. The summed E-state index contributed by atoms with van der Waals surface area (Å²) in [7, 11) is 0. The minimum absolute atomic E-state index is 0.0636. The highest BCUT2D eigenvalue weighted by Crippen LogP contribution is 2.29. The van der Waals surface area contributed by atoms with Crippen LogP contribution in [0.25, 0.3) is 10.2 Å². The number of thiazole rings is 1. The molecule has 1 aromatic heterocycles. The van der Waals surface area contributed by atoms with Crippen LogP contribution in [0.4, 0.5) is 5.13 Å². The minimum atomic E-state index is -0.221. The summed E-state index contributed by atoms with van der Waals surface area (Å²) in [4.78, 5) is 16.7. The molecule has 21 heavy (non-hydrogen) atoms. The first-order valence-corrected chi connectivity index (χ1v) is 7.75. The van der Waals surface area contributed by atoms with Crippen molar-refractivity contribution in [2.75, 3.05) is 5.32 Å². The maximum absolute atomic E-state index is 12.3. The number of nitrogens with one attached hydrogen (secondary N) is 1. The molecule has 1 atom stereocenters. The number of carbonyl (C=O) groups is 1. The van der Waals surface area contributed by atoms with Crippen molar-refractivity contribution < 1.29 is 4.79 Å². The van der Waals surface area contributed by atoms with Crippen LogP contribution in [0.15, 0.2) is 48.5 Å². The molecule has 1 N–H and O–H groups in total. The van der Waals surface area contributed by atoms with Crippen LogP contribution in [0.2, 0.25) is 5.02 Å². The second-order valence-electron chi connectivity index (χ2n) is 4.75. The van der Waals surface area contributed by atoms with Crippen molar-refractivity contribution in [2.24, 2.45) is 0 Å². The Morgan fingerprint density at radius 2 is 2.00 bits per heavy atom. The molecule has 0 saturated carbocycles. The molecule has 0 unspecified atom stereocenters. The second kappa shape index (κ2) is 5.84. The molecule has 1 amide bonds. The highest BCUT2D eigenvalue weighted by molar-refractivity contribution is 7.22. The first kappa shape index (κ1) is 14.0. The second-order valence-corrected chi connectivity index (χ2v) is 6.22. The van der Waals surface area contributed by atoms with E-state index in [-0.39, 0.29) is 11.8 Å². The summed E-state index contributed by atoms with van der Waals surface area (Å²) in [5, 5.41) is 4.14. The van der Waals surface area contributed by atoms with Crippen molar-refractivity contribution in [3.8, 4) is 0 Å². The van der Waals surface area contributed by atoms with Crippen LogP contribution < -0.4 is 5.32 Å². The summed E-state index contributed by atoms with van der Waals surface area (Å²) in [5.74, 6) is -0.284. The average Bonchev–Trinajstić information content (AvgIpc) is 2.88. The molecule has 0 aliphatic carbocycles. The van der Waals surface area contributed by atoms with Gasteiger partial charge in [0.1, 0.15) is 0 Å². The normalized spacial score (nSPS) is 12.3. The maximum Gasteiger partial charge on any atom is 0.233 e. The van der Waals surface area contributed by atoms with Crippen LogP contribution in [0.5, 0.6) is 0 Å². The third kappa shape index (κ3) is 3.06. The highest BCUT2D eigenvalue weighted by atomic mass is 35.5. The number of halogens is 1. The molecule has 0 spiro atoms. The van der Waals surface area contributed by atoms with Crippen molar-refractivity contribution >= 4 is 44.2 Å². The smallest absolute Gasteiger partial charge is 0.233 e. The zero-order chi connectivity index (χ0) is 14.8. The van der Waals surface area contributed by atoms with Gasteiger partial charge in [0.05, 0.1) is 16.1 Å². The number of benzene rings is 2. The number of anilines is 1. The van der Waals surface area contributed by atoms with Gasteiger partial charge >= 0.3 is 0 Å². The van der Waals surface area contributed by atoms with Gasteiger partial charge < -0.3 is 5.32 Å². The highest BCUT2D eigenvalue weighted by Gasteiger charge is 2.16. The molecule has 2 aromatic carbocycles. The molecule has 5 heteroatoms. The van der Waals surface area contributed by atoms with Crippen LogP contribution in [0.3, 0.4) is 0 Å². The minimum Gasteiger partial charge on any atom is -0.301 e. The van der Waals surface area contributed by atoms with Gasteiger partial charge in [0.2, 0.25) is 5.91 Å². The average molecular weight is 317 g/mol. The lowest BCUT2D eigenvalue weighted by molar-refractivity contribution is -0.117. The van der Waals surface area contributed by atoms with Crippen molar-refractivity contribution in [1.29, 1.82) is 0 Å². The standard InChI is InChI=1S/C16H13ClN2OS/c1-10(11-5-3-2-4-6-11)15(20)19-16-18-13-8-7-12(17)9-14(13)21-16/h2-10H,1H3,(H,18,19,20)/t10-/m0/s1. The third-order valence-corrected chi connectivity index (χ3v) is 4.44. The summed E-state index contributed by atoms with van der Waals surface area (Å²) in [6.45, 7) is 1.88. The zero-order valence-corrected chi connectivity index (χ0v) is 12.9. The topological polar surface area (TPSA) is 42.0 Å². The largest absolute Gasteiger partial charge is 0.301 e. The molecule has 0 aliphatic heterocycles. The fraction of sp³-hybridized carbons (Fsp3) is 0.125. The monoisotopic (exact) mass is 316 g/mol. The van der Waals surface area contributed by atoms with E-state index in [1.807, 2.05) is 49.4 Å². The van der Waals surface area contributed by atoms with E-state index in [4.69, 9.17) is 11.6 Å². The summed E-state index contributed by atoms with van der Waals surface area (Å²) in [6, 6.07) is 15.2. The summed E-state index contributed by atoms with van der Waals surface area (Å²) in [5.41, 5.74) is 1.83. The van der Waals surface area contributed by atoms with Crippen LogP contribution in [0.1, 0.15) is 18.4 Å². The molecule has 0 saturated heterocycles. The molecule has 3 aromatic rings. The first-order valence-electron chi connectivity index (χ1n) is 6.55. The molecule has 3 rings (SSSR count). The van der Waals surface area contributed by atoms with E-state index >= 15 is 0 Å². The van der Waals surface area contributed by atoms with Gasteiger partial charge in [-0.3, -0.25) is 4.79 Å². The maximum atomic E-state index is 12.3. The molecule has 0 radical (unpaired) electrons. The molecule has 0 bridgehead atoms. The molecule has 106 valence electrons. The number of amides is 1. The lowest BCUT2D eigenvalue weighted by Crippen LogP contribution is -2.18. The third-order valence-electron chi connectivity index (χ3n) is 3.27. The van der Waals surface area contributed by atoms with Gasteiger partial charge in [-0.25, -0.2) is 4.98 Å².